The van der Waals surface area contributed by atoms with E-state index in [1.54, 1.807) is 24.5 Å². The average Bonchev–Trinajstić information content (AvgIpc) is 3.36. The number of rotatable bonds is 4. The largest absolute Gasteiger partial charge is 0.465 e. The van der Waals surface area contributed by atoms with Gasteiger partial charge >= 0.3 is 5.97 Å². The van der Waals surface area contributed by atoms with E-state index in [0.717, 1.165) is 41.4 Å². The number of ether oxygens (including phenoxy) is 1. The lowest BCUT2D eigenvalue weighted by Crippen LogP contribution is -2.15. The first-order valence-corrected chi connectivity index (χ1v) is 11.2. The molecule has 1 atom stereocenters. The van der Waals surface area contributed by atoms with Gasteiger partial charge in [-0.05, 0) is 54.2 Å². The summed E-state index contributed by atoms with van der Waals surface area (Å²) in [6.07, 6.45) is 5.04. The molecule has 0 radical (unpaired) electrons. The zero-order valence-corrected chi connectivity index (χ0v) is 16.1. The summed E-state index contributed by atoms with van der Waals surface area (Å²) in [4.78, 5) is 12.8. The second kappa shape index (κ2) is 6.48. The van der Waals surface area contributed by atoms with Gasteiger partial charge in [0.05, 0.1) is 29.9 Å². The lowest BCUT2D eigenvalue weighted by Gasteiger charge is -2.10. The van der Waals surface area contributed by atoms with Gasteiger partial charge in [-0.25, -0.2) is 8.42 Å². The van der Waals surface area contributed by atoms with Crippen molar-refractivity contribution in [2.45, 2.75) is 36.5 Å². The molecule has 6 heteroatoms. The van der Waals surface area contributed by atoms with Crippen LogP contribution in [0.5, 0.6) is 0 Å². The number of fused-ring (bicyclic) bond motifs is 3. The van der Waals surface area contributed by atoms with Crippen molar-refractivity contribution in [3.63, 3.8) is 0 Å². The molecule has 0 N–H and O–H groups in total. The van der Waals surface area contributed by atoms with Crippen molar-refractivity contribution in [2.75, 3.05) is 12.4 Å². The molecule has 1 aromatic heterocycles. The summed E-state index contributed by atoms with van der Waals surface area (Å²) < 4.78 is 35.6. The van der Waals surface area contributed by atoms with Crippen LogP contribution in [0.4, 0.5) is 0 Å². The Balaban J connectivity index is 1.30. The minimum absolute atomic E-state index is 0.0135. The second-order valence-corrected chi connectivity index (χ2v) is 9.61. The number of aryl methyl sites for hydroxylation is 2. The van der Waals surface area contributed by atoms with E-state index in [0.29, 0.717) is 4.90 Å². The molecule has 0 amide bonds. The van der Waals surface area contributed by atoms with Crippen molar-refractivity contribution in [2.24, 2.45) is 0 Å². The third-order valence-corrected chi connectivity index (χ3v) is 7.65. The molecule has 1 aliphatic carbocycles. The molecule has 3 aromatic rings. The molecule has 2 heterocycles. The summed E-state index contributed by atoms with van der Waals surface area (Å²) >= 11 is 0. The summed E-state index contributed by atoms with van der Waals surface area (Å²) in [6.45, 7) is 0.0697. The lowest BCUT2D eigenvalue weighted by atomic mass is 10.0. The molecule has 0 fully saturated rings. The zero-order chi connectivity index (χ0) is 19.3. The second-order valence-electron chi connectivity index (χ2n) is 7.61. The predicted molar refractivity (Wildman–Crippen MR) is 104 cm³/mol. The number of sulfone groups is 1. The summed E-state index contributed by atoms with van der Waals surface area (Å²) in [5, 5.41) is 0.964. The van der Waals surface area contributed by atoms with Crippen molar-refractivity contribution in [3.8, 4) is 0 Å². The normalized spacial score (nSPS) is 19.5. The summed E-state index contributed by atoms with van der Waals surface area (Å²) in [5.74, 6) is -0.695. The first-order chi connectivity index (χ1) is 13.5. The molecular weight excluding hydrogens is 376 g/mol. The first-order valence-electron chi connectivity index (χ1n) is 9.50. The van der Waals surface area contributed by atoms with Crippen LogP contribution in [0.2, 0.25) is 0 Å². The van der Waals surface area contributed by atoms with Crippen LogP contribution in [0.25, 0.3) is 11.0 Å². The third-order valence-electron chi connectivity index (χ3n) is 5.76. The monoisotopic (exact) mass is 396 g/mol. The SMILES string of the molecule is O=C(Cc1coc2cc3c(cc12)CCC3)OCC1CS(=O)(=O)c2ccccc21. The van der Waals surface area contributed by atoms with Gasteiger partial charge in [0.1, 0.15) is 5.58 Å². The maximum atomic E-state index is 12.4. The van der Waals surface area contributed by atoms with Gasteiger partial charge in [0.25, 0.3) is 0 Å². The molecular formula is C22H20O5S. The first kappa shape index (κ1) is 17.5. The highest BCUT2D eigenvalue weighted by Crippen LogP contribution is 2.35. The zero-order valence-electron chi connectivity index (χ0n) is 15.3. The van der Waals surface area contributed by atoms with E-state index in [2.05, 4.69) is 12.1 Å². The third kappa shape index (κ3) is 2.92. The van der Waals surface area contributed by atoms with E-state index >= 15 is 0 Å². The van der Waals surface area contributed by atoms with E-state index in [1.165, 1.54) is 11.1 Å². The molecule has 5 nitrogen and oxygen atoms in total. The fraction of sp³-hybridized carbons (Fsp3) is 0.318. The molecule has 5 rings (SSSR count). The maximum Gasteiger partial charge on any atom is 0.310 e. The molecule has 0 saturated carbocycles. The lowest BCUT2D eigenvalue weighted by molar-refractivity contribution is -0.143. The predicted octanol–water partition coefficient (Wildman–Crippen LogP) is 3.58. The quantitative estimate of drug-likeness (QED) is 0.630. The molecule has 2 aliphatic rings. The van der Waals surface area contributed by atoms with Crippen LogP contribution in [0.3, 0.4) is 0 Å². The number of esters is 1. The fourth-order valence-corrected chi connectivity index (χ4v) is 6.23. The molecule has 0 bridgehead atoms. The van der Waals surface area contributed by atoms with E-state index < -0.39 is 9.84 Å². The number of hydrogen-bond acceptors (Lipinski definition) is 5. The summed E-state index contributed by atoms with van der Waals surface area (Å²) in [5.41, 5.74) is 5.02. The van der Waals surface area contributed by atoms with Crippen LogP contribution in [0.1, 0.15) is 34.6 Å². The van der Waals surface area contributed by atoms with Crippen molar-refractivity contribution in [3.05, 3.63) is 64.9 Å². The van der Waals surface area contributed by atoms with E-state index in [4.69, 9.17) is 9.15 Å². The van der Waals surface area contributed by atoms with Gasteiger partial charge in [0, 0.05) is 16.9 Å². The Hall–Kier alpha value is -2.60. The summed E-state index contributed by atoms with van der Waals surface area (Å²) in [7, 11) is -3.29. The maximum absolute atomic E-state index is 12.4. The minimum atomic E-state index is -3.29. The number of furan rings is 1. The molecule has 0 spiro atoms. The van der Waals surface area contributed by atoms with Crippen molar-refractivity contribution in [1.82, 2.24) is 0 Å². The number of hydrogen-bond donors (Lipinski definition) is 0. The highest BCUT2D eigenvalue weighted by atomic mass is 32.2. The van der Waals surface area contributed by atoms with Crippen LogP contribution in [-0.4, -0.2) is 26.7 Å². The number of carbonyl (C=O) groups is 1. The highest BCUT2D eigenvalue weighted by Gasteiger charge is 2.35. The average molecular weight is 396 g/mol. The Labute approximate surface area is 163 Å². The van der Waals surface area contributed by atoms with Gasteiger partial charge in [-0.3, -0.25) is 4.79 Å². The topological polar surface area (TPSA) is 73.6 Å². The number of carbonyl (C=O) groups excluding carboxylic acids is 1. The molecule has 28 heavy (non-hydrogen) atoms. The van der Waals surface area contributed by atoms with E-state index in [9.17, 15) is 13.2 Å². The van der Waals surface area contributed by atoms with Crippen LogP contribution in [-0.2, 0) is 38.6 Å². The van der Waals surface area contributed by atoms with Gasteiger partial charge in [0.2, 0.25) is 0 Å². The van der Waals surface area contributed by atoms with Crippen LogP contribution >= 0.6 is 0 Å². The Morgan fingerprint density at radius 1 is 1.14 bits per heavy atom. The van der Waals surface area contributed by atoms with Crippen molar-refractivity contribution >= 4 is 26.8 Å². The molecule has 0 saturated heterocycles. The molecule has 2 aromatic carbocycles. The smallest absolute Gasteiger partial charge is 0.310 e. The van der Waals surface area contributed by atoms with Gasteiger partial charge in [-0.15, -0.1) is 0 Å². The van der Waals surface area contributed by atoms with Gasteiger partial charge in [-0.2, -0.15) is 0 Å². The highest BCUT2D eigenvalue weighted by molar-refractivity contribution is 7.91. The van der Waals surface area contributed by atoms with Gasteiger partial charge in [0.15, 0.2) is 9.84 Å². The Kier molecular flexibility index (Phi) is 4.05. The van der Waals surface area contributed by atoms with E-state index in [1.807, 2.05) is 6.07 Å². The molecule has 144 valence electrons. The van der Waals surface area contributed by atoms with E-state index in [-0.39, 0.29) is 30.7 Å². The van der Waals surface area contributed by atoms with Crippen LogP contribution in [0, 0.1) is 0 Å². The summed E-state index contributed by atoms with van der Waals surface area (Å²) in [6, 6.07) is 11.1. The minimum Gasteiger partial charge on any atom is -0.465 e. The van der Waals surface area contributed by atoms with Crippen molar-refractivity contribution < 1.29 is 22.4 Å². The standard InChI is InChI=1S/C22H20O5S/c23-22(27-12-17-13-28(24,25)21-7-2-1-6-18(17)21)10-16-11-26-20-9-15-5-3-4-14(15)8-19(16)20/h1-2,6-9,11,17H,3-5,10,12-13H2. The van der Waals surface area contributed by atoms with Gasteiger partial charge < -0.3 is 9.15 Å². The van der Waals surface area contributed by atoms with Gasteiger partial charge in [-0.1, -0.05) is 18.2 Å². The fourth-order valence-electron chi connectivity index (χ4n) is 4.37. The number of benzene rings is 2. The van der Waals surface area contributed by atoms with Crippen LogP contribution in [0.15, 0.2) is 52.0 Å². The van der Waals surface area contributed by atoms with Crippen molar-refractivity contribution in [1.29, 1.82) is 0 Å². The van der Waals surface area contributed by atoms with Crippen LogP contribution < -0.4 is 0 Å². The Morgan fingerprint density at radius 2 is 1.93 bits per heavy atom. The molecule has 1 unspecified atom stereocenters. The molecule has 1 aliphatic heterocycles. The Morgan fingerprint density at radius 3 is 2.79 bits per heavy atom. The Bertz CT molecular complexity index is 1190.